The molecule has 0 aromatic heterocycles. The Morgan fingerprint density at radius 3 is 2.73 bits per heavy atom. The number of esters is 1. The number of nitriles is 1. The number of nitrogens with zero attached hydrogens (tertiary/aromatic N) is 1. The Morgan fingerprint density at radius 1 is 1.19 bits per heavy atom. The van der Waals surface area contributed by atoms with Crippen molar-refractivity contribution < 1.29 is 23.8 Å². The monoisotopic (exact) mass is 392 g/mol. The third-order valence-electron chi connectivity index (χ3n) is 3.37. The number of rotatable bonds is 4. The van der Waals surface area contributed by atoms with E-state index in [1.807, 2.05) is 6.07 Å². The second-order valence-electron chi connectivity index (χ2n) is 5.12. The van der Waals surface area contributed by atoms with Crippen molar-refractivity contribution in [1.82, 2.24) is 0 Å². The standard InChI is InChI=1S/C17H10Cl2N2O5/c18-12-5-11(2-1-9(12)6-20)21-15(22)7-24-17(23)10-3-13(19)16-14(4-10)25-8-26-16/h1-5H,7-8H2,(H,21,22). The minimum atomic E-state index is -0.738. The van der Waals surface area contributed by atoms with Gasteiger partial charge in [-0.3, -0.25) is 4.79 Å². The van der Waals surface area contributed by atoms with Crippen molar-refractivity contribution in [3.05, 3.63) is 51.5 Å². The van der Waals surface area contributed by atoms with E-state index in [2.05, 4.69) is 5.32 Å². The van der Waals surface area contributed by atoms with Crippen molar-refractivity contribution >= 4 is 40.8 Å². The van der Waals surface area contributed by atoms with Gasteiger partial charge in [-0.2, -0.15) is 5.26 Å². The average molecular weight is 393 g/mol. The molecule has 0 atom stereocenters. The third kappa shape index (κ3) is 3.82. The number of hydrogen-bond donors (Lipinski definition) is 1. The van der Waals surface area contributed by atoms with E-state index in [4.69, 9.17) is 42.7 Å². The van der Waals surface area contributed by atoms with E-state index >= 15 is 0 Å². The van der Waals surface area contributed by atoms with Crippen molar-refractivity contribution in [2.24, 2.45) is 0 Å². The van der Waals surface area contributed by atoms with Crippen LogP contribution in [-0.4, -0.2) is 25.3 Å². The zero-order chi connectivity index (χ0) is 18.7. The van der Waals surface area contributed by atoms with Crippen molar-refractivity contribution in [2.75, 3.05) is 18.7 Å². The second-order valence-corrected chi connectivity index (χ2v) is 5.94. The number of fused-ring (bicyclic) bond motifs is 1. The number of benzene rings is 2. The Balaban J connectivity index is 1.59. The maximum absolute atomic E-state index is 12.1. The van der Waals surface area contributed by atoms with E-state index < -0.39 is 18.5 Å². The molecule has 1 aliphatic rings. The lowest BCUT2D eigenvalue weighted by Crippen LogP contribution is -2.21. The van der Waals surface area contributed by atoms with Crippen LogP contribution in [0.1, 0.15) is 15.9 Å². The summed E-state index contributed by atoms with van der Waals surface area (Å²) in [6.07, 6.45) is 0. The van der Waals surface area contributed by atoms with Crippen LogP contribution in [0.25, 0.3) is 0 Å². The van der Waals surface area contributed by atoms with Crippen LogP contribution in [0.2, 0.25) is 10.0 Å². The summed E-state index contributed by atoms with van der Waals surface area (Å²) < 4.78 is 15.3. The average Bonchev–Trinajstić information content (AvgIpc) is 3.09. The fraction of sp³-hybridized carbons (Fsp3) is 0.118. The summed E-state index contributed by atoms with van der Waals surface area (Å²) in [4.78, 5) is 24.0. The minimum Gasteiger partial charge on any atom is -0.454 e. The Kier molecular flexibility index (Phi) is 5.16. The third-order valence-corrected chi connectivity index (χ3v) is 3.96. The van der Waals surface area contributed by atoms with Crippen LogP contribution in [0.4, 0.5) is 5.69 Å². The fourth-order valence-electron chi connectivity index (χ4n) is 2.18. The number of carbonyl (C=O) groups excluding carboxylic acids is 2. The van der Waals surface area contributed by atoms with Gasteiger partial charge in [-0.15, -0.1) is 0 Å². The molecule has 0 fully saturated rings. The fourth-order valence-corrected chi connectivity index (χ4v) is 2.67. The van der Waals surface area contributed by atoms with Gasteiger partial charge in [0, 0.05) is 5.69 Å². The largest absolute Gasteiger partial charge is 0.454 e. The first-order valence-electron chi connectivity index (χ1n) is 7.23. The molecule has 0 spiro atoms. The summed E-state index contributed by atoms with van der Waals surface area (Å²) in [5.41, 5.74) is 0.797. The molecule has 0 bridgehead atoms. The number of halogens is 2. The first-order valence-corrected chi connectivity index (χ1v) is 7.99. The summed E-state index contributed by atoms with van der Waals surface area (Å²) in [6, 6.07) is 9.12. The summed E-state index contributed by atoms with van der Waals surface area (Å²) >= 11 is 11.9. The van der Waals surface area contributed by atoms with Gasteiger partial charge in [0.2, 0.25) is 6.79 Å². The topological polar surface area (TPSA) is 97.7 Å². The molecule has 1 amide bonds. The summed E-state index contributed by atoms with van der Waals surface area (Å²) in [5, 5.41) is 11.7. The predicted molar refractivity (Wildman–Crippen MR) is 92.7 cm³/mol. The number of ether oxygens (including phenoxy) is 3. The van der Waals surface area contributed by atoms with Gasteiger partial charge in [0.25, 0.3) is 5.91 Å². The van der Waals surface area contributed by atoms with Crippen LogP contribution < -0.4 is 14.8 Å². The van der Waals surface area contributed by atoms with Crippen molar-refractivity contribution in [3.63, 3.8) is 0 Å². The van der Waals surface area contributed by atoms with Crippen LogP contribution in [0, 0.1) is 11.3 Å². The van der Waals surface area contributed by atoms with Crippen molar-refractivity contribution in [3.8, 4) is 17.6 Å². The molecular weight excluding hydrogens is 383 g/mol. The van der Waals surface area contributed by atoms with Gasteiger partial charge in [-0.05, 0) is 30.3 Å². The molecule has 0 radical (unpaired) electrons. The highest BCUT2D eigenvalue weighted by molar-refractivity contribution is 6.33. The number of hydrogen-bond acceptors (Lipinski definition) is 6. The van der Waals surface area contributed by atoms with Crippen LogP contribution in [0.5, 0.6) is 11.5 Å². The van der Waals surface area contributed by atoms with Crippen molar-refractivity contribution in [2.45, 2.75) is 0 Å². The van der Waals surface area contributed by atoms with E-state index in [-0.39, 0.29) is 28.0 Å². The zero-order valence-corrected chi connectivity index (χ0v) is 14.6. The highest BCUT2D eigenvalue weighted by atomic mass is 35.5. The van der Waals surface area contributed by atoms with Gasteiger partial charge in [-0.25, -0.2) is 4.79 Å². The highest BCUT2D eigenvalue weighted by Gasteiger charge is 2.21. The van der Waals surface area contributed by atoms with Crippen LogP contribution in [-0.2, 0) is 9.53 Å². The molecule has 2 aromatic rings. The van der Waals surface area contributed by atoms with Crippen LogP contribution in [0.3, 0.4) is 0 Å². The van der Waals surface area contributed by atoms with Crippen LogP contribution >= 0.6 is 23.2 Å². The number of nitrogens with one attached hydrogen (secondary N) is 1. The predicted octanol–water partition coefficient (Wildman–Crippen LogP) is 3.39. The van der Waals surface area contributed by atoms with E-state index in [9.17, 15) is 9.59 Å². The minimum absolute atomic E-state index is 0.0170. The molecule has 0 unspecified atom stereocenters. The summed E-state index contributed by atoms with van der Waals surface area (Å²) in [5.74, 6) is -0.607. The molecule has 0 saturated carbocycles. The SMILES string of the molecule is N#Cc1ccc(NC(=O)COC(=O)c2cc(Cl)c3c(c2)OCO3)cc1Cl. The van der Waals surface area contributed by atoms with Gasteiger partial charge >= 0.3 is 5.97 Å². The Morgan fingerprint density at radius 2 is 2.00 bits per heavy atom. The molecule has 1 aliphatic heterocycles. The van der Waals surface area contributed by atoms with E-state index in [1.54, 1.807) is 0 Å². The molecule has 1 heterocycles. The van der Waals surface area contributed by atoms with Gasteiger partial charge < -0.3 is 19.5 Å². The molecule has 0 saturated heterocycles. The maximum Gasteiger partial charge on any atom is 0.338 e. The van der Waals surface area contributed by atoms with E-state index in [0.717, 1.165) is 0 Å². The Labute approximate surface area is 158 Å². The molecule has 132 valence electrons. The Bertz CT molecular complexity index is 939. The van der Waals surface area contributed by atoms with Crippen LogP contribution in [0.15, 0.2) is 30.3 Å². The number of anilines is 1. The molecule has 9 heteroatoms. The molecule has 2 aromatic carbocycles. The smallest absolute Gasteiger partial charge is 0.338 e. The lowest BCUT2D eigenvalue weighted by Gasteiger charge is -2.08. The van der Waals surface area contributed by atoms with E-state index in [1.165, 1.54) is 30.3 Å². The first kappa shape index (κ1) is 17.9. The quantitative estimate of drug-likeness (QED) is 0.800. The molecule has 1 N–H and O–H groups in total. The molecule has 26 heavy (non-hydrogen) atoms. The highest BCUT2D eigenvalue weighted by Crippen LogP contribution is 2.39. The lowest BCUT2D eigenvalue weighted by atomic mass is 10.2. The van der Waals surface area contributed by atoms with Gasteiger partial charge in [0.1, 0.15) is 6.07 Å². The Hall–Kier alpha value is -2.95. The second kappa shape index (κ2) is 7.52. The molecular formula is C17H10Cl2N2O5. The summed E-state index contributed by atoms with van der Waals surface area (Å²) in [7, 11) is 0. The lowest BCUT2D eigenvalue weighted by molar-refractivity contribution is -0.119. The van der Waals surface area contributed by atoms with Gasteiger partial charge in [-0.1, -0.05) is 23.2 Å². The zero-order valence-electron chi connectivity index (χ0n) is 13.0. The first-order chi connectivity index (χ1) is 12.5. The summed E-state index contributed by atoms with van der Waals surface area (Å²) in [6.45, 7) is -0.494. The number of carbonyl (C=O) groups is 2. The molecule has 0 aliphatic carbocycles. The van der Waals surface area contributed by atoms with E-state index in [0.29, 0.717) is 17.2 Å². The number of amides is 1. The molecule has 3 rings (SSSR count). The maximum atomic E-state index is 12.1. The van der Waals surface area contributed by atoms with Gasteiger partial charge in [0.15, 0.2) is 18.1 Å². The normalized spacial score (nSPS) is 11.6. The van der Waals surface area contributed by atoms with Crippen molar-refractivity contribution in [1.29, 1.82) is 5.26 Å². The molecule has 7 nitrogen and oxygen atoms in total. The van der Waals surface area contributed by atoms with Gasteiger partial charge in [0.05, 0.1) is 21.2 Å².